The lowest BCUT2D eigenvalue weighted by Crippen LogP contribution is -2.37. The Labute approximate surface area is 118 Å². The zero-order valence-corrected chi connectivity index (χ0v) is 12.4. The first-order valence-corrected chi connectivity index (χ1v) is 8.89. The van der Waals surface area contributed by atoms with Crippen LogP contribution in [0.2, 0.25) is 0 Å². The minimum Gasteiger partial charge on any atom is -0.361 e. The first-order valence-electron chi connectivity index (χ1n) is 6.79. The van der Waals surface area contributed by atoms with Crippen LogP contribution in [0.5, 0.6) is 0 Å². The minimum atomic E-state index is -2.12. The second-order valence-electron chi connectivity index (χ2n) is 5.57. The van der Waals surface area contributed by atoms with E-state index in [2.05, 4.69) is 10.9 Å². The summed E-state index contributed by atoms with van der Waals surface area (Å²) in [4.78, 5) is 3.15. The van der Waals surface area contributed by atoms with Crippen LogP contribution in [0.1, 0.15) is 24.3 Å². The molecule has 20 heavy (non-hydrogen) atoms. The number of rotatable bonds is 2. The van der Waals surface area contributed by atoms with Crippen molar-refractivity contribution >= 4 is 26.5 Å². The van der Waals surface area contributed by atoms with Gasteiger partial charge in [0.1, 0.15) is 5.82 Å². The second kappa shape index (κ2) is 4.90. The van der Waals surface area contributed by atoms with E-state index in [1.54, 1.807) is 12.3 Å². The smallest absolute Gasteiger partial charge is 0.132 e. The molecule has 1 aliphatic heterocycles. The van der Waals surface area contributed by atoms with Crippen LogP contribution in [-0.4, -0.2) is 38.7 Å². The molecule has 5 heteroatoms. The number of benzene rings is 1. The van der Waals surface area contributed by atoms with Crippen molar-refractivity contribution in [3.63, 3.8) is 0 Å². The summed E-state index contributed by atoms with van der Waals surface area (Å²) in [5.41, 5.74) is 1.89. The maximum Gasteiger partial charge on any atom is 0.132 e. The zero-order valence-electron chi connectivity index (χ0n) is 11.6. The Morgan fingerprint density at radius 1 is 1.40 bits per heavy atom. The minimum absolute atomic E-state index is 0.169. The van der Waals surface area contributed by atoms with Crippen molar-refractivity contribution in [1.82, 2.24) is 9.29 Å². The molecule has 2 aromatic rings. The molecular formula is C15H19FN2OS. The van der Waals surface area contributed by atoms with Crippen molar-refractivity contribution in [1.29, 1.82) is 0 Å². The molecule has 1 aromatic carbocycles. The Hall–Kier alpha value is -1.33. The van der Waals surface area contributed by atoms with Crippen LogP contribution >= 0.6 is 0 Å². The lowest BCUT2D eigenvalue weighted by Gasteiger charge is -2.32. The average molecular weight is 294 g/mol. The quantitative estimate of drug-likeness (QED) is 0.850. The Kier molecular flexibility index (Phi) is 3.34. The number of H-pyrrole nitrogens is 1. The predicted molar refractivity (Wildman–Crippen MR) is 83.0 cm³/mol. The van der Waals surface area contributed by atoms with E-state index in [1.165, 1.54) is 6.07 Å². The highest BCUT2D eigenvalue weighted by atomic mass is 32.2. The summed E-state index contributed by atoms with van der Waals surface area (Å²) < 4.78 is 27.9. The molecule has 1 N–H and O–H groups in total. The molecule has 1 aromatic heterocycles. The molecule has 0 bridgehead atoms. The highest BCUT2D eigenvalue weighted by Gasteiger charge is 2.25. The third-order valence-corrected chi connectivity index (χ3v) is 5.58. The monoisotopic (exact) mass is 294 g/mol. The van der Waals surface area contributed by atoms with Crippen molar-refractivity contribution in [3.05, 3.63) is 35.8 Å². The molecule has 108 valence electrons. The van der Waals surface area contributed by atoms with Crippen LogP contribution in [-0.2, 0) is 9.71 Å². The van der Waals surface area contributed by atoms with Gasteiger partial charge < -0.3 is 4.98 Å². The van der Waals surface area contributed by atoms with Crippen LogP contribution in [0.4, 0.5) is 4.39 Å². The molecule has 1 fully saturated rings. The third-order valence-electron chi connectivity index (χ3n) is 4.13. The summed E-state index contributed by atoms with van der Waals surface area (Å²) in [6, 6.07) is 5.12. The number of fused-ring (bicyclic) bond motifs is 1. The molecule has 1 unspecified atom stereocenters. The zero-order chi connectivity index (χ0) is 14.3. The molecule has 0 amide bonds. The number of nitrogens with zero attached hydrogens (tertiary/aromatic N) is 1. The topological polar surface area (TPSA) is 36.1 Å². The summed E-state index contributed by atoms with van der Waals surface area (Å²) >= 11 is 0. The predicted octanol–water partition coefficient (Wildman–Crippen LogP) is 2.75. The Balaban J connectivity index is 1.87. The molecule has 0 saturated carbocycles. The van der Waals surface area contributed by atoms with Crippen LogP contribution < -0.4 is 0 Å². The van der Waals surface area contributed by atoms with Crippen molar-refractivity contribution in [2.75, 3.05) is 19.3 Å². The lowest BCUT2D eigenvalue weighted by atomic mass is 9.90. The number of aromatic nitrogens is 1. The van der Waals surface area contributed by atoms with E-state index in [0.717, 1.165) is 37.0 Å². The SMILES string of the molecule is C=S(C)(=O)N1CCC(c2c[nH]c3cccc(F)c23)CC1. The number of hydrogen-bond acceptors (Lipinski definition) is 1. The van der Waals surface area contributed by atoms with Crippen LogP contribution in [0.3, 0.4) is 0 Å². The molecule has 3 rings (SSSR count). The van der Waals surface area contributed by atoms with Gasteiger partial charge in [-0.25, -0.2) is 8.70 Å². The average Bonchev–Trinajstić information content (AvgIpc) is 2.83. The number of hydrogen-bond donors (Lipinski definition) is 1. The van der Waals surface area contributed by atoms with Crippen molar-refractivity contribution in [2.45, 2.75) is 18.8 Å². The van der Waals surface area contributed by atoms with Gasteiger partial charge in [0.25, 0.3) is 0 Å². The number of halogens is 1. The van der Waals surface area contributed by atoms with E-state index in [4.69, 9.17) is 0 Å². The molecule has 2 heterocycles. The maximum absolute atomic E-state index is 14.0. The molecule has 1 saturated heterocycles. The number of nitrogens with one attached hydrogen (secondary N) is 1. The summed E-state index contributed by atoms with van der Waals surface area (Å²) in [6.07, 6.45) is 5.38. The lowest BCUT2D eigenvalue weighted by molar-refractivity contribution is 0.335. The molecule has 0 aliphatic carbocycles. The number of piperidine rings is 1. The van der Waals surface area contributed by atoms with E-state index in [9.17, 15) is 8.60 Å². The maximum atomic E-state index is 14.0. The molecule has 0 spiro atoms. The van der Waals surface area contributed by atoms with E-state index in [1.807, 2.05) is 16.6 Å². The Morgan fingerprint density at radius 3 is 2.75 bits per heavy atom. The van der Waals surface area contributed by atoms with Crippen molar-refractivity contribution in [2.24, 2.45) is 0 Å². The normalized spacial score (nSPS) is 21.1. The van der Waals surface area contributed by atoms with Gasteiger partial charge in [-0.15, -0.1) is 0 Å². The standard InChI is InChI=1S/C15H19FN2OS/c1-20(2,19)18-8-6-11(7-9-18)12-10-17-14-5-3-4-13(16)15(12)14/h3-5,10-11,17H,1,6-9H2,2H3. The summed E-state index contributed by atoms with van der Waals surface area (Å²) in [5.74, 6) is 3.88. The van der Waals surface area contributed by atoms with Gasteiger partial charge in [-0.05, 0) is 42.3 Å². The van der Waals surface area contributed by atoms with Gasteiger partial charge in [0.2, 0.25) is 0 Å². The van der Waals surface area contributed by atoms with Gasteiger partial charge in [-0.3, -0.25) is 4.21 Å². The highest BCUT2D eigenvalue weighted by Crippen LogP contribution is 2.34. The Bertz CT molecular complexity index is 727. The fourth-order valence-electron chi connectivity index (χ4n) is 3.04. The van der Waals surface area contributed by atoms with Crippen LogP contribution in [0, 0.1) is 5.82 Å². The van der Waals surface area contributed by atoms with Gasteiger partial charge in [-0.1, -0.05) is 6.07 Å². The first-order chi connectivity index (χ1) is 9.47. The third kappa shape index (κ3) is 2.36. The summed E-state index contributed by atoms with van der Waals surface area (Å²) in [7, 11) is -2.12. The van der Waals surface area contributed by atoms with Crippen molar-refractivity contribution < 1.29 is 8.60 Å². The van der Waals surface area contributed by atoms with E-state index in [-0.39, 0.29) is 5.82 Å². The molecule has 0 radical (unpaired) electrons. The van der Waals surface area contributed by atoms with Gasteiger partial charge in [0.15, 0.2) is 0 Å². The molecule has 1 aliphatic rings. The summed E-state index contributed by atoms with van der Waals surface area (Å²) in [5, 5.41) is 0.706. The van der Waals surface area contributed by atoms with Gasteiger partial charge in [-0.2, -0.15) is 0 Å². The second-order valence-corrected chi connectivity index (χ2v) is 8.00. The molecular weight excluding hydrogens is 275 g/mol. The van der Waals surface area contributed by atoms with Crippen LogP contribution in [0.25, 0.3) is 10.9 Å². The molecule has 3 nitrogen and oxygen atoms in total. The fourth-order valence-corrected chi connectivity index (χ4v) is 4.02. The van der Waals surface area contributed by atoms with E-state index >= 15 is 0 Å². The van der Waals surface area contributed by atoms with Gasteiger partial charge in [0.05, 0.1) is 0 Å². The number of aromatic amines is 1. The first kappa shape index (κ1) is 13.6. The van der Waals surface area contributed by atoms with E-state index < -0.39 is 9.71 Å². The Morgan fingerprint density at radius 2 is 2.10 bits per heavy atom. The van der Waals surface area contributed by atoms with Gasteiger partial charge >= 0.3 is 0 Å². The fraction of sp³-hybridized carbons (Fsp3) is 0.400. The largest absolute Gasteiger partial charge is 0.361 e. The van der Waals surface area contributed by atoms with Gasteiger partial charge in [0, 0.05) is 46.2 Å². The van der Waals surface area contributed by atoms with E-state index in [0.29, 0.717) is 11.3 Å². The van der Waals surface area contributed by atoms with Crippen LogP contribution in [0.15, 0.2) is 24.4 Å². The molecule has 1 atom stereocenters. The highest BCUT2D eigenvalue weighted by molar-refractivity contribution is 7.97. The summed E-state index contributed by atoms with van der Waals surface area (Å²) in [6.45, 7) is 1.51. The van der Waals surface area contributed by atoms with Crippen molar-refractivity contribution in [3.8, 4) is 0 Å².